The largest absolute Gasteiger partial charge is 0.351 e. The molecule has 0 fully saturated rings. The molecule has 0 aliphatic rings. The number of aromatic nitrogens is 1. The standard InChI is InChI=1S/C13H10ClN3OS/c1-2-5-16-12(18)9(7-15)13-17-10-6-8(14)3-4-11(10)19-13/h2-4,6,9H,1,5H2,(H,16,18). The van der Waals surface area contributed by atoms with Gasteiger partial charge in [0.05, 0.1) is 16.3 Å². The topological polar surface area (TPSA) is 65.8 Å². The third-order valence-electron chi connectivity index (χ3n) is 2.43. The molecule has 1 aromatic heterocycles. The lowest BCUT2D eigenvalue weighted by Gasteiger charge is -2.05. The molecule has 1 N–H and O–H groups in total. The molecule has 1 amide bonds. The highest BCUT2D eigenvalue weighted by molar-refractivity contribution is 7.18. The van der Waals surface area contributed by atoms with Crippen LogP contribution in [-0.4, -0.2) is 17.4 Å². The quantitative estimate of drug-likeness (QED) is 0.881. The van der Waals surface area contributed by atoms with Gasteiger partial charge >= 0.3 is 0 Å². The van der Waals surface area contributed by atoms with Crippen LogP contribution >= 0.6 is 22.9 Å². The fourth-order valence-corrected chi connectivity index (χ4v) is 2.70. The Kier molecular flexibility index (Phi) is 4.15. The fraction of sp³-hybridized carbons (Fsp3) is 0.154. The molecule has 1 heterocycles. The number of halogens is 1. The van der Waals surface area contributed by atoms with Crippen LogP contribution in [-0.2, 0) is 4.79 Å². The molecule has 19 heavy (non-hydrogen) atoms. The number of benzene rings is 1. The summed E-state index contributed by atoms with van der Waals surface area (Å²) in [5.41, 5.74) is 0.698. The van der Waals surface area contributed by atoms with Crippen LogP contribution in [0.1, 0.15) is 10.9 Å². The minimum absolute atomic E-state index is 0.327. The molecule has 1 atom stereocenters. The van der Waals surface area contributed by atoms with Gasteiger partial charge in [0.2, 0.25) is 5.91 Å². The van der Waals surface area contributed by atoms with Gasteiger partial charge in [0.25, 0.3) is 0 Å². The Bertz CT molecular complexity index is 674. The van der Waals surface area contributed by atoms with E-state index in [0.717, 1.165) is 4.70 Å². The first-order valence-corrected chi connectivity index (χ1v) is 6.69. The summed E-state index contributed by atoms with van der Waals surface area (Å²) in [4.78, 5) is 16.1. The molecule has 0 spiro atoms. The van der Waals surface area contributed by atoms with E-state index in [1.807, 2.05) is 12.1 Å². The summed E-state index contributed by atoms with van der Waals surface area (Å²) >= 11 is 7.20. The van der Waals surface area contributed by atoms with E-state index in [1.54, 1.807) is 18.2 Å². The molecule has 4 nitrogen and oxygen atoms in total. The Morgan fingerprint density at radius 2 is 2.47 bits per heavy atom. The first kappa shape index (κ1) is 13.5. The molecule has 2 rings (SSSR count). The van der Waals surface area contributed by atoms with Crippen molar-refractivity contribution < 1.29 is 4.79 Å². The van der Waals surface area contributed by atoms with Crippen LogP contribution < -0.4 is 5.32 Å². The molecule has 96 valence electrons. The van der Waals surface area contributed by atoms with Crippen LogP contribution in [0.3, 0.4) is 0 Å². The van der Waals surface area contributed by atoms with Gasteiger partial charge in [0.1, 0.15) is 5.01 Å². The predicted octanol–water partition coefficient (Wildman–Crippen LogP) is 2.86. The van der Waals surface area contributed by atoms with Crippen LogP contribution in [0.2, 0.25) is 5.02 Å². The van der Waals surface area contributed by atoms with E-state index in [9.17, 15) is 4.79 Å². The van der Waals surface area contributed by atoms with E-state index in [2.05, 4.69) is 16.9 Å². The molecule has 2 aromatic rings. The summed E-state index contributed by atoms with van der Waals surface area (Å²) in [6, 6.07) is 7.27. The smallest absolute Gasteiger partial charge is 0.244 e. The maximum Gasteiger partial charge on any atom is 0.244 e. The van der Waals surface area contributed by atoms with Crippen molar-refractivity contribution in [3.05, 3.63) is 40.9 Å². The van der Waals surface area contributed by atoms with Crippen molar-refractivity contribution in [3.8, 4) is 6.07 Å². The molecule has 6 heteroatoms. The van der Waals surface area contributed by atoms with E-state index < -0.39 is 5.92 Å². The van der Waals surface area contributed by atoms with Gasteiger partial charge in [-0.1, -0.05) is 17.7 Å². The molecule has 1 unspecified atom stereocenters. The highest BCUT2D eigenvalue weighted by Crippen LogP contribution is 2.29. The van der Waals surface area contributed by atoms with Crippen LogP contribution in [0.25, 0.3) is 10.2 Å². The van der Waals surface area contributed by atoms with Crippen LogP contribution in [0.4, 0.5) is 0 Å². The highest BCUT2D eigenvalue weighted by atomic mass is 35.5. The number of nitrogens with one attached hydrogen (secondary N) is 1. The van der Waals surface area contributed by atoms with Gasteiger partial charge in [0.15, 0.2) is 5.92 Å². The predicted molar refractivity (Wildman–Crippen MR) is 76.2 cm³/mol. The Balaban J connectivity index is 2.33. The maximum atomic E-state index is 11.8. The normalized spacial score (nSPS) is 11.8. The van der Waals surface area contributed by atoms with Crippen molar-refractivity contribution in [2.45, 2.75) is 5.92 Å². The molecule has 0 saturated heterocycles. The van der Waals surface area contributed by atoms with Gasteiger partial charge in [-0.2, -0.15) is 5.26 Å². The first-order valence-electron chi connectivity index (χ1n) is 5.50. The lowest BCUT2D eigenvalue weighted by molar-refractivity contribution is -0.121. The minimum Gasteiger partial charge on any atom is -0.351 e. The average molecular weight is 292 g/mol. The van der Waals surface area contributed by atoms with Gasteiger partial charge in [-0.3, -0.25) is 4.79 Å². The number of amides is 1. The molecule has 1 aromatic carbocycles. The van der Waals surface area contributed by atoms with Crippen LogP contribution in [0.5, 0.6) is 0 Å². The third-order valence-corrected chi connectivity index (χ3v) is 3.76. The van der Waals surface area contributed by atoms with Crippen molar-refractivity contribution in [1.29, 1.82) is 5.26 Å². The van der Waals surface area contributed by atoms with E-state index in [1.165, 1.54) is 11.3 Å². The van der Waals surface area contributed by atoms with Gasteiger partial charge in [-0.25, -0.2) is 4.98 Å². The van der Waals surface area contributed by atoms with Crippen molar-refractivity contribution in [1.82, 2.24) is 10.3 Å². The summed E-state index contributed by atoms with van der Waals surface area (Å²) in [5.74, 6) is -1.27. The van der Waals surface area contributed by atoms with Gasteiger partial charge < -0.3 is 5.32 Å². The second-order valence-electron chi connectivity index (χ2n) is 3.76. The summed E-state index contributed by atoms with van der Waals surface area (Å²) in [6.45, 7) is 3.84. The lowest BCUT2D eigenvalue weighted by Crippen LogP contribution is -2.28. The van der Waals surface area contributed by atoms with E-state index in [0.29, 0.717) is 22.1 Å². The molecule has 0 aliphatic carbocycles. The fourth-order valence-electron chi connectivity index (χ4n) is 1.54. The zero-order valence-electron chi connectivity index (χ0n) is 9.89. The summed E-state index contributed by atoms with van der Waals surface area (Å²) < 4.78 is 0.899. The molecule has 0 saturated carbocycles. The Hall–Kier alpha value is -1.90. The third kappa shape index (κ3) is 2.92. The van der Waals surface area contributed by atoms with Gasteiger partial charge in [0, 0.05) is 11.6 Å². The van der Waals surface area contributed by atoms with Crippen LogP contribution in [0, 0.1) is 11.3 Å². The van der Waals surface area contributed by atoms with Crippen molar-refractivity contribution in [2.24, 2.45) is 0 Å². The number of carbonyl (C=O) groups excluding carboxylic acids is 1. The number of nitriles is 1. The van der Waals surface area contributed by atoms with Crippen molar-refractivity contribution >= 4 is 39.1 Å². The second kappa shape index (κ2) is 5.83. The molecule has 0 bridgehead atoms. The Morgan fingerprint density at radius 3 is 3.16 bits per heavy atom. The van der Waals surface area contributed by atoms with Gasteiger partial charge in [-0.05, 0) is 18.2 Å². The number of nitrogens with zero attached hydrogens (tertiary/aromatic N) is 2. The maximum absolute atomic E-state index is 11.8. The number of hydrogen-bond donors (Lipinski definition) is 1. The first-order chi connectivity index (χ1) is 9.15. The minimum atomic E-state index is -0.906. The summed E-state index contributed by atoms with van der Waals surface area (Å²) in [7, 11) is 0. The van der Waals surface area contributed by atoms with E-state index >= 15 is 0 Å². The number of hydrogen-bond acceptors (Lipinski definition) is 4. The number of fused-ring (bicyclic) bond motifs is 1. The monoisotopic (exact) mass is 291 g/mol. The second-order valence-corrected chi connectivity index (χ2v) is 5.26. The molecular weight excluding hydrogens is 282 g/mol. The van der Waals surface area contributed by atoms with E-state index in [-0.39, 0.29) is 5.91 Å². The van der Waals surface area contributed by atoms with Crippen molar-refractivity contribution in [2.75, 3.05) is 6.54 Å². The Labute approximate surface area is 119 Å². The number of rotatable bonds is 4. The van der Waals surface area contributed by atoms with E-state index in [4.69, 9.17) is 16.9 Å². The molecular formula is C13H10ClN3OS. The Morgan fingerprint density at radius 1 is 1.68 bits per heavy atom. The lowest BCUT2D eigenvalue weighted by atomic mass is 10.1. The molecule has 0 aliphatic heterocycles. The molecule has 0 radical (unpaired) electrons. The zero-order chi connectivity index (χ0) is 13.8. The highest BCUT2D eigenvalue weighted by Gasteiger charge is 2.23. The summed E-state index contributed by atoms with van der Waals surface area (Å²) in [6.07, 6.45) is 1.56. The summed E-state index contributed by atoms with van der Waals surface area (Å²) in [5, 5.41) is 12.8. The SMILES string of the molecule is C=CCNC(=O)C(C#N)c1nc2cc(Cl)ccc2s1. The van der Waals surface area contributed by atoms with Crippen LogP contribution in [0.15, 0.2) is 30.9 Å². The van der Waals surface area contributed by atoms with Gasteiger partial charge in [-0.15, -0.1) is 17.9 Å². The number of carbonyl (C=O) groups is 1. The average Bonchev–Trinajstić information content (AvgIpc) is 2.79. The van der Waals surface area contributed by atoms with Crippen molar-refractivity contribution in [3.63, 3.8) is 0 Å². The zero-order valence-corrected chi connectivity index (χ0v) is 11.5. The number of thiazole rings is 1.